The molecule has 0 aromatic rings. The molecule has 0 aromatic heterocycles. The summed E-state index contributed by atoms with van der Waals surface area (Å²) in [5.41, 5.74) is 0. The number of hydrogen-bond acceptors (Lipinski definition) is 7. The lowest BCUT2D eigenvalue weighted by Crippen LogP contribution is -2.37. The van der Waals surface area contributed by atoms with Gasteiger partial charge in [0, 0.05) is 12.8 Å². The third kappa shape index (κ3) is 51.0. The second-order valence-corrected chi connectivity index (χ2v) is 20.3. The second kappa shape index (κ2) is 46.8. The van der Waals surface area contributed by atoms with Gasteiger partial charge in [0.25, 0.3) is 0 Å². The zero-order valence-electron chi connectivity index (χ0n) is 42.7. The molecule has 0 aromatic carbocycles. The fourth-order valence-corrected chi connectivity index (χ4v) is 7.93. The van der Waals surface area contributed by atoms with Gasteiger partial charge in [0.05, 0.1) is 27.7 Å². The lowest BCUT2D eigenvalue weighted by atomic mass is 10.0. The number of ether oxygens (including phenoxy) is 2. The molecule has 65 heavy (non-hydrogen) atoms. The first kappa shape index (κ1) is 62.7. The van der Waals surface area contributed by atoms with Crippen LogP contribution in [0.25, 0.3) is 0 Å². The number of rotatable bonds is 48. The standard InChI is InChI=1S/C55H100NO8P/c1-6-8-10-12-14-16-18-19-20-21-22-23-24-25-26-27-28-29-30-31-32-33-34-35-36-37-38-40-42-44-46-48-55(58)64-53(52-63-65(59,60)62-50-49-56(3,4)5)51-61-54(57)47-45-43-41-39-17-15-13-11-9-7-2/h8,10-11,13-14,16,19-20,22-23,53H,6-7,9,12,15,17-18,21,24-52H2,1-5H3/p+1/b10-8-,13-11-,16-14-,20-19-,23-22-. The number of carbonyl (C=O) groups excluding carboxylic acids is 2. The molecule has 2 unspecified atom stereocenters. The highest BCUT2D eigenvalue weighted by Gasteiger charge is 2.27. The molecule has 2 atom stereocenters. The number of unbranched alkanes of at least 4 members (excludes halogenated alkanes) is 24. The fourth-order valence-electron chi connectivity index (χ4n) is 7.19. The molecule has 378 valence electrons. The van der Waals surface area contributed by atoms with E-state index in [1.54, 1.807) is 0 Å². The number of phosphoric ester groups is 1. The number of phosphoric acid groups is 1. The predicted octanol–water partition coefficient (Wildman–Crippen LogP) is 16.0. The van der Waals surface area contributed by atoms with Crippen molar-refractivity contribution in [3.63, 3.8) is 0 Å². The molecule has 0 radical (unpaired) electrons. The van der Waals surface area contributed by atoms with Crippen molar-refractivity contribution in [1.29, 1.82) is 0 Å². The maximum Gasteiger partial charge on any atom is 0.472 e. The van der Waals surface area contributed by atoms with Crippen LogP contribution in [0.5, 0.6) is 0 Å². The first-order valence-corrected chi connectivity index (χ1v) is 28.0. The van der Waals surface area contributed by atoms with Gasteiger partial charge in [-0.15, -0.1) is 0 Å². The monoisotopic (exact) mass is 935 g/mol. The minimum atomic E-state index is -4.38. The normalized spacial score (nSPS) is 13.9. The van der Waals surface area contributed by atoms with Crippen molar-refractivity contribution < 1.29 is 42.1 Å². The van der Waals surface area contributed by atoms with E-state index in [1.165, 1.54) is 109 Å². The SMILES string of the molecule is CC/C=C\C/C=C\C/C=C\C/C=C\CCCCCCCCCCCCCCCCCCCCC(=O)OC(COC(=O)CCCCCCC/C=C\CCC)COP(=O)(O)OCC[N+](C)(C)C. The smallest absolute Gasteiger partial charge is 0.462 e. The molecule has 0 heterocycles. The summed E-state index contributed by atoms with van der Waals surface area (Å²) < 4.78 is 34.4. The van der Waals surface area contributed by atoms with Crippen LogP contribution in [0.2, 0.25) is 0 Å². The minimum absolute atomic E-state index is 0.0301. The molecule has 0 saturated heterocycles. The van der Waals surface area contributed by atoms with E-state index in [0.29, 0.717) is 17.4 Å². The molecule has 10 heteroatoms. The summed E-state index contributed by atoms with van der Waals surface area (Å²) in [6, 6.07) is 0. The average Bonchev–Trinajstić information content (AvgIpc) is 3.26. The summed E-state index contributed by atoms with van der Waals surface area (Å²) in [6.45, 7) is 4.25. The molecule has 0 saturated carbocycles. The predicted molar refractivity (Wildman–Crippen MR) is 275 cm³/mol. The maximum atomic E-state index is 12.7. The Morgan fingerprint density at radius 3 is 1.32 bits per heavy atom. The van der Waals surface area contributed by atoms with E-state index in [2.05, 4.69) is 74.6 Å². The van der Waals surface area contributed by atoms with Crippen LogP contribution in [0.3, 0.4) is 0 Å². The van der Waals surface area contributed by atoms with E-state index in [9.17, 15) is 19.0 Å². The van der Waals surface area contributed by atoms with Crippen molar-refractivity contribution in [2.75, 3.05) is 47.5 Å². The van der Waals surface area contributed by atoms with Gasteiger partial charge < -0.3 is 18.9 Å². The van der Waals surface area contributed by atoms with Crippen LogP contribution in [0.4, 0.5) is 0 Å². The van der Waals surface area contributed by atoms with E-state index in [4.69, 9.17) is 18.5 Å². The van der Waals surface area contributed by atoms with E-state index in [0.717, 1.165) is 83.5 Å². The molecule has 0 aliphatic rings. The van der Waals surface area contributed by atoms with Gasteiger partial charge in [0.15, 0.2) is 6.10 Å². The fraction of sp³-hybridized carbons (Fsp3) is 0.782. The molecule has 0 rings (SSSR count). The van der Waals surface area contributed by atoms with Crippen molar-refractivity contribution in [2.45, 2.75) is 232 Å². The van der Waals surface area contributed by atoms with Crippen molar-refractivity contribution in [2.24, 2.45) is 0 Å². The summed E-state index contributed by atoms with van der Waals surface area (Å²) in [6.07, 6.45) is 58.8. The minimum Gasteiger partial charge on any atom is -0.462 e. The van der Waals surface area contributed by atoms with Gasteiger partial charge in [0.2, 0.25) is 0 Å². The molecular weight excluding hydrogens is 834 g/mol. The largest absolute Gasteiger partial charge is 0.472 e. The second-order valence-electron chi connectivity index (χ2n) is 18.9. The van der Waals surface area contributed by atoms with Crippen LogP contribution < -0.4 is 0 Å². The van der Waals surface area contributed by atoms with E-state index in [-0.39, 0.29) is 32.0 Å². The van der Waals surface area contributed by atoms with Gasteiger partial charge >= 0.3 is 19.8 Å². The zero-order chi connectivity index (χ0) is 47.8. The number of likely N-dealkylation sites (N-methyl/N-ethyl adjacent to an activating group) is 1. The van der Waals surface area contributed by atoms with Crippen molar-refractivity contribution in [1.82, 2.24) is 0 Å². The van der Waals surface area contributed by atoms with Crippen molar-refractivity contribution >= 4 is 19.8 Å². The van der Waals surface area contributed by atoms with Gasteiger partial charge in [0.1, 0.15) is 19.8 Å². The van der Waals surface area contributed by atoms with Crippen LogP contribution >= 0.6 is 7.82 Å². The van der Waals surface area contributed by atoms with Crippen LogP contribution in [-0.2, 0) is 32.7 Å². The highest BCUT2D eigenvalue weighted by Crippen LogP contribution is 2.43. The topological polar surface area (TPSA) is 108 Å². The molecule has 1 N–H and O–H groups in total. The molecule has 0 amide bonds. The molecular formula is C55H101NO8P+. The Balaban J connectivity index is 4.01. The zero-order valence-corrected chi connectivity index (χ0v) is 43.6. The quantitative estimate of drug-likeness (QED) is 0.0211. The summed E-state index contributed by atoms with van der Waals surface area (Å²) in [5, 5.41) is 0. The van der Waals surface area contributed by atoms with E-state index < -0.39 is 26.5 Å². The summed E-state index contributed by atoms with van der Waals surface area (Å²) in [5.74, 6) is -0.807. The number of carbonyl (C=O) groups is 2. The summed E-state index contributed by atoms with van der Waals surface area (Å²) >= 11 is 0. The molecule has 0 aliphatic heterocycles. The first-order chi connectivity index (χ1) is 31.5. The Hall–Kier alpha value is -2.29. The van der Waals surface area contributed by atoms with Crippen molar-refractivity contribution in [3.8, 4) is 0 Å². The average molecular weight is 935 g/mol. The number of hydrogen-bond donors (Lipinski definition) is 1. The highest BCUT2D eigenvalue weighted by atomic mass is 31.2. The lowest BCUT2D eigenvalue weighted by Gasteiger charge is -2.24. The van der Waals surface area contributed by atoms with E-state index in [1.807, 2.05) is 21.1 Å². The third-order valence-corrected chi connectivity index (χ3v) is 12.2. The summed E-state index contributed by atoms with van der Waals surface area (Å²) in [4.78, 5) is 35.4. The number of nitrogens with zero attached hydrogens (tertiary/aromatic N) is 1. The van der Waals surface area contributed by atoms with E-state index >= 15 is 0 Å². The van der Waals surface area contributed by atoms with Gasteiger partial charge in [-0.05, 0) is 70.6 Å². The Morgan fingerprint density at radius 1 is 0.492 bits per heavy atom. The maximum absolute atomic E-state index is 12.7. The Labute approximate surface area is 400 Å². The number of esters is 2. The van der Waals surface area contributed by atoms with Crippen LogP contribution in [0.1, 0.15) is 226 Å². The number of allylic oxidation sites excluding steroid dienone is 10. The van der Waals surface area contributed by atoms with Gasteiger partial charge in [-0.2, -0.15) is 0 Å². The lowest BCUT2D eigenvalue weighted by molar-refractivity contribution is -0.870. The molecule has 0 spiro atoms. The van der Waals surface area contributed by atoms with Gasteiger partial charge in [-0.25, -0.2) is 4.57 Å². The van der Waals surface area contributed by atoms with Crippen LogP contribution in [-0.4, -0.2) is 74.9 Å². The van der Waals surface area contributed by atoms with Gasteiger partial charge in [-0.3, -0.25) is 18.6 Å². The third-order valence-electron chi connectivity index (χ3n) is 11.3. The Kier molecular flexibility index (Phi) is 45.2. The van der Waals surface area contributed by atoms with Crippen molar-refractivity contribution in [3.05, 3.63) is 60.8 Å². The number of quaternary nitrogens is 1. The molecule has 0 bridgehead atoms. The molecule has 0 fully saturated rings. The summed E-state index contributed by atoms with van der Waals surface area (Å²) in [7, 11) is 1.47. The molecule has 9 nitrogen and oxygen atoms in total. The van der Waals surface area contributed by atoms with Gasteiger partial charge in [-0.1, -0.05) is 203 Å². The van der Waals surface area contributed by atoms with Crippen LogP contribution in [0.15, 0.2) is 60.8 Å². The first-order valence-electron chi connectivity index (χ1n) is 26.5. The Bertz CT molecular complexity index is 1290. The molecule has 0 aliphatic carbocycles. The highest BCUT2D eigenvalue weighted by molar-refractivity contribution is 7.47. The van der Waals surface area contributed by atoms with Crippen LogP contribution in [0, 0.1) is 0 Å². The Morgan fingerprint density at radius 2 is 0.877 bits per heavy atom.